The van der Waals surface area contributed by atoms with E-state index in [2.05, 4.69) is 0 Å². The van der Waals surface area contributed by atoms with E-state index in [1.807, 2.05) is 30.3 Å². The first-order valence-electron chi connectivity index (χ1n) is 4.72. The number of carboxylic acids is 1. The van der Waals surface area contributed by atoms with Gasteiger partial charge in [-0.3, -0.25) is 0 Å². The fraction of sp³-hybridized carbons (Fsp3) is 0.364. The number of hydrogen-bond donors (Lipinski definition) is 2. The molecule has 0 aliphatic rings. The van der Waals surface area contributed by atoms with Crippen molar-refractivity contribution < 1.29 is 19.7 Å². The molecule has 0 amide bonds. The van der Waals surface area contributed by atoms with E-state index >= 15 is 0 Å². The lowest BCUT2D eigenvalue weighted by Gasteiger charge is -2.06. The minimum absolute atomic E-state index is 0.165. The van der Waals surface area contributed by atoms with Crippen LogP contribution in [0.1, 0.15) is 5.56 Å². The van der Waals surface area contributed by atoms with Crippen LogP contribution in [0.2, 0.25) is 0 Å². The highest BCUT2D eigenvalue weighted by molar-refractivity contribution is 5.71. The second kappa shape index (κ2) is 6.16. The summed E-state index contributed by atoms with van der Waals surface area (Å²) >= 11 is 0. The number of carboxylic acid groups (broad SMARTS) is 1. The van der Waals surface area contributed by atoms with Gasteiger partial charge in [0.2, 0.25) is 0 Å². The molecule has 0 saturated carbocycles. The van der Waals surface area contributed by atoms with Gasteiger partial charge in [0, 0.05) is 0 Å². The van der Waals surface area contributed by atoms with Crippen molar-refractivity contribution >= 4 is 5.97 Å². The molecule has 0 saturated heterocycles. The van der Waals surface area contributed by atoms with E-state index in [1.54, 1.807) is 0 Å². The Balaban J connectivity index is 2.15. The van der Waals surface area contributed by atoms with Crippen LogP contribution in [-0.2, 0) is 16.0 Å². The van der Waals surface area contributed by atoms with Crippen LogP contribution in [0, 0.1) is 0 Å². The Morgan fingerprint density at radius 3 is 2.60 bits per heavy atom. The van der Waals surface area contributed by atoms with Crippen molar-refractivity contribution in [1.82, 2.24) is 0 Å². The first-order valence-corrected chi connectivity index (χ1v) is 4.72. The third-order valence-electron chi connectivity index (χ3n) is 1.94. The molecule has 1 unspecified atom stereocenters. The molecule has 4 heteroatoms. The monoisotopic (exact) mass is 210 g/mol. The summed E-state index contributed by atoms with van der Waals surface area (Å²) in [4.78, 5) is 10.2. The van der Waals surface area contributed by atoms with Crippen molar-refractivity contribution in [2.75, 3.05) is 13.2 Å². The van der Waals surface area contributed by atoms with Gasteiger partial charge in [-0.2, -0.15) is 0 Å². The molecule has 0 fully saturated rings. The Hall–Kier alpha value is -1.39. The van der Waals surface area contributed by atoms with E-state index in [1.165, 1.54) is 0 Å². The molecule has 1 aromatic rings. The van der Waals surface area contributed by atoms with Crippen molar-refractivity contribution in [2.24, 2.45) is 0 Å². The quantitative estimate of drug-likeness (QED) is 0.678. The number of carbonyl (C=O) groups is 1. The maximum Gasteiger partial charge on any atom is 0.334 e. The summed E-state index contributed by atoms with van der Waals surface area (Å²) in [6, 6.07) is 9.73. The maximum atomic E-state index is 10.2. The molecule has 0 bridgehead atoms. The van der Waals surface area contributed by atoms with E-state index in [0.29, 0.717) is 13.0 Å². The molecule has 1 rings (SSSR count). The highest BCUT2D eigenvalue weighted by Gasteiger charge is 2.12. The lowest BCUT2D eigenvalue weighted by molar-refractivity contribution is -0.149. The zero-order valence-corrected chi connectivity index (χ0v) is 8.30. The van der Waals surface area contributed by atoms with Crippen LogP contribution < -0.4 is 0 Å². The average Bonchev–Trinajstić information content (AvgIpc) is 2.25. The van der Waals surface area contributed by atoms with E-state index in [0.717, 1.165) is 5.56 Å². The Kier molecular flexibility index (Phi) is 4.80. The van der Waals surface area contributed by atoms with E-state index in [4.69, 9.17) is 14.9 Å². The molecule has 1 aromatic carbocycles. The van der Waals surface area contributed by atoms with Crippen molar-refractivity contribution in [2.45, 2.75) is 12.5 Å². The second-order valence-corrected chi connectivity index (χ2v) is 3.16. The molecule has 0 aliphatic carbocycles. The number of aliphatic carboxylic acids is 1. The predicted octanol–water partition coefficient (Wildman–Crippen LogP) is 0.691. The topological polar surface area (TPSA) is 66.8 Å². The van der Waals surface area contributed by atoms with Gasteiger partial charge in [-0.15, -0.1) is 0 Å². The molecule has 0 heterocycles. The molecule has 4 nitrogen and oxygen atoms in total. The number of aliphatic hydroxyl groups excluding tert-OH is 1. The smallest absolute Gasteiger partial charge is 0.334 e. The fourth-order valence-electron chi connectivity index (χ4n) is 1.10. The first kappa shape index (κ1) is 11.7. The minimum atomic E-state index is -1.43. The van der Waals surface area contributed by atoms with Crippen LogP contribution in [-0.4, -0.2) is 35.5 Å². The van der Waals surface area contributed by atoms with Gasteiger partial charge in [0.15, 0.2) is 6.10 Å². The highest BCUT2D eigenvalue weighted by Crippen LogP contribution is 1.99. The van der Waals surface area contributed by atoms with Gasteiger partial charge in [-0.1, -0.05) is 30.3 Å². The molecule has 1 atom stereocenters. The summed E-state index contributed by atoms with van der Waals surface area (Å²) in [6.45, 7) is 0.247. The lowest BCUT2D eigenvalue weighted by Crippen LogP contribution is -2.25. The standard InChI is InChI=1S/C11H14O4/c12-10(11(13)14)8-15-7-6-9-4-2-1-3-5-9/h1-5,10,12H,6-8H2,(H,13,14). The third-order valence-corrected chi connectivity index (χ3v) is 1.94. The van der Waals surface area contributed by atoms with Crippen molar-refractivity contribution in [1.29, 1.82) is 0 Å². The van der Waals surface area contributed by atoms with Gasteiger partial charge >= 0.3 is 5.97 Å². The van der Waals surface area contributed by atoms with E-state index in [9.17, 15) is 4.79 Å². The summed E-state index contributed by atoms with van der Waals surface area (Å²) in [5, 5.41) is 17.3. The van der Waals surface area contributed by atoms with Crippen molar-refractivity contribution in [3.8, 4) is 0 Å². The lowest BCUT2D eigenvalue weighted by atomic mass is 10.2. The molecular weight excluding hydrogens is 196 g/mol. The number of benzene rings is 1. The van der Waals surface area contributed by atoms with E-state index in [-0.39, 0.29) is 6.61 Å². The summed E-state index contributed by atoms with van der Waals surface area (Å²) in [7, 11) is 0. The Bertz CT molecular complexity index is 297. The summed E-state index contributed by atoms with van der Waals surface area (Å²) in [6.07, 6.45) is -0.714. The molecule has 82 valence electrons. The zero-order chi connectivity index (χ0) is 11.1. The summed E-state index contributed by atoms with van der Waals surface area (Å²) in [5.74, 6) is -1.25. The van der Waals surface area contributed by atoms with Crippen LogP contribution in [0.25, 0.3) is 0 Å². The molecule has 0 aromatic heterocycles. The van der Waals surface area contributed by atoms with Crippen LogP contribution >= 0.6 is 0 Å². The van der Waals surface area contributed by atoms with Gasteiger partial charge in [0.05, 0.1) is 13.2 Å². The molecule has 0 aliphatic heterocycles. The SMILES string of the molecule is O=C(O)C(O)COCCc1ccccc1. The number of ether oxygens (including phenoxy) is 1. The van der Waals surface area contributed by atoms with Crippen molar-refractivity contribution in [3.05, 3.63) is 35.9 Å². The highest BCUT2D eigenvalue weighted by atomic mass is 16.5. The average molecular weight is 210 g/mol. The van der Waals surface area contributed by atoms with Gasteiger partial charge < -0.3 is 14.9 Å². The number of rotatable bonds is 6. The summed E-state index contributed by atoms with van der Waals surface area (Å²) in [5.41, 5.74) is 1.13. The zero-order valence-electron chi connectivity index (χ0n) is 8.30. The Labute approximate surface area is 88.1 Å². The number of aliphatic hydroxyl groups is 1. The molecule has 15 heavy (non-hydrogen) atoms. The Morgan fingerprint density at radius 2 is 2.00 bits per heavy atom. The van der Waals surface area contributed by atoms with Crippen LogP contribution in [0.3, 0.4) is 0 Å². The third kappa shape index (κ3) is 4.58. The molecule has 0 radical (unpaired) electrons. The molecule has 2 N–H and O–H groups in total. The fourth-order valence-corrected chi connectivity index (χ4v) is 1.10. The van der Waals surface area contributed by atoms with Gasteiger partial charge in [-0.25, -0.2) is 4.79 Å². The molecule has 0 spiro atoms. The maximum absolute atomic E-state index is 10.2. The van der Waals surface area contributed by atoms with E-state index < -0.39 is 12.1 Å². The second-order valence-electron chi connectivity index (χ2n) is 3.16. The van der Waals surface area contributed by atoms with Gasteiger partial charge in [0.1, 0.15) is 0 Å². The first-order chi connectivity index (χ1) is 7.20. The minimum Gasteiger partial charge on any atom is -0.479 e. The normalized spacial score (nSPS) is 12.3. The van der Waals surface area contributed by atoms with Crippen molar-refractivity contribution in [3.63, 3.8) is 0 Å². The Morgan fingerprint density at radius 1 is 1.33 bits per heavy atom. The van der Waals surface area contributed by atoms with Crippen LogP contribution in [0.4, 0.5) is 0 Å². The van der Waals surface area contributed by atoms with Gasteiger partial charge in [0.25, 0.3) is 0 Å². The number of hydrogen-bond acceptors (Lipinski definition) is 3. The summed E-state index contributed by atoms with van der Waals surface area (Å²) < 4.78 is 5.03. The van der Waals surface area contributed by atoms with Crippen LogP contribution in [0.5, 0.6) is 0 Å². The largest absolute Gasteiger partial charge is 0.479 e. The van der Waals surface area contributed by atoms with Crippen LogP contribution in [0.15, 0.2) is 30.3 Å². The molecular formula is C11H14O4. The van der Waals surface area contributed by atoms with Gasteiger partial charge in [-0.05, 0) is 12.0 Å². The predicted molar refractivity (Wildman–Crippen MR) is 54.6 cm³/mol.